The quantitative estimate of drug-likeness (QED) is 0.0739. The number of esters is 1. The SMILES string of the molecule is CC[C@@]1(O)C(=O)OCc2c1cc1n(c2=O)Cc2c-1nc1cc(F)c(N)cc1c2COCNC(=O)CNC(=O)OCC1c2ccccc2-c2ccccc21. The molecule has 0 radical (unpaired) electrons. The summed E-state index contributed by atoms with van der Waals surface area (Å²) in [5.74, 6) is -2.18. The molecular formula is C39H34FN5O8. The molecule has 270 valence electrons. The van der Waals surface area contributed by atoms with Crippen LogP contribution in [-0.4, -0.2) is 52.5 Å². The van der Waals surface area contributed by atoms with Crippen molar-refractivity contribution < 1.29 is 38.1 Å². The first kappa shape index (κ1) is 34.0. The van der Waals surface area contributed by atoms with Crippen molar-refractivity contribution in [2.24, 2.45) is 0 Å². The summed E-state index contributed by atoms with van der Waals surface area (Å²) in [4.78, 5) is 56.1. The number of amides is 2. The molecule has 3 aromatic carbocycles. The van der Waals surface area contributed by atoms with Gasteiger partial charge in [0.25, 0.3) is 5.56 Å². The number of hydrogen-bond donors (Lipinski definition) is 4. The predicted octanol–water partition coefficient (Wildman–Crippen LogP) is 3.93. The van der Waals surface area contributed by atoms with Gasteiger partial charge in [-0.25, -0.2) is 19.0 Å². The van der Waals surface area contributed by atoms with Crippen LogP contribution in [0.5, 0.6) is 0 Å². The third kappa shape index (κ3) is 5.66. The van der Waals surface area contributed by atoms with Gasteiger partial charge in [0.2, 0.25) is 5.91 Å². The maximum absolute atomic E-state index is 14.7. The van der Waals surface area contributed by atoms with Crippen LogP contribution in [0.4, 0.5) is 14.9 Å². The molecule has 0 spiro atoms. The molecule has 0 saturated carbocycles. The van der Waals surface area contributed by atoms with E-state index in [2.05, 4.69) is 15.6 Å². The van der Waals surface area contributed by atoms with Gasteiger partial charge in [0.1, 0.15) is 32.3 Å². The van der Waals surface area contributed by atoms with Crippen LogP contribution >= 0.6 is 0 Å². The van der Waals surface area contributed by atoms with Crippen LogP contribution in [0.2, 0.25) is 0 Å². The number of nitrogen functional groups attached to an aromatic ring is 1. The Morgan fingerprint density at radius 2 is 1.77 bits per heavy atom. The molecule has 53 heavy (non-hydrogen) atoms. The Balaban J connectivity index is 0.938. The fraction of sp³-hybridized carbons (Fsp3) is 0.256. The maximum atomic E-state index is 14.7. The van der Waals surface area contributed by atoms with Gasteiger partial charge in [-0.1, -0.05) is 55.5 Å². The molecule has 2 amide bonds. The summed E-state index contributed by atoms with van der Waals surface area (Å²) in [7, 11) is 0. The van der Waals surface area contributed by atoms with Gasteiger partial charge in [0, 0.05) is 28.5 Å². The predicted molar refractivity (Wildman–Crippen MR) is 190 cm³/mol. The van der Waals surface area contributed by atoms with Crippen molar-refractivity contribution in [3.63, 3.8) is 0 Å². The first-order valence-electron chi connectivity index (χ1n) is 17.1. The second-order valence-corrected chi connectivity index (χ2v) is 13.2. The number of carbonyl (C=O) groups is 3. The Hall–Kier alpha value is -6.12. The smallest absolute Gasteiger partial charge is 0.407 e. The van der Waals surface area contributed by atoms with Gasteiger partial charge in [0.15, 0.2) is 5.60 Å². The summed E-state index contributed by atoms with van der Waals surface area (Å²) in [6.45, 7) is 0.815. The normalized spacial score (nSPS) is 16.6. The van der Waals surface area contributed by atoms with Gasteiger partial charge in [-0.15, -0.1) is 0 Å². The van der Waals surface area contributed by atoms with Gasteiger partial charge in [-0.05, 0) is 46.4 Å². The number of cyclic esters (lactones) is 1. The van der Waals surface area contributed by atoms with E-state index in [4.69, 9.17) is 19.9 Å². The molecule has 5 aromatic rings. The number of alkyl carbamates (subject to hydrolysis) is 1. The zero-order valence-electron chi connectivity index (χ0n) is 28.5. The average molecular weight is 720 g/mol. The van der Waals surface area contributed by atoms with Gasteiger partial charge in [0.05, 0.1) is 41.3 Å². The van der Waals surface area contributed by atoms with Crippen LogP contribution < -0.4 is 21.9 Å². The lowest BCUT2D eigenvalue weighted by Gasteiger charge is -2.31. The number of aliphatic hydroxyl groups is 1. The third-order valence-corrected chi connectivity index (χ3v) is 10.3. The molecule has 1 aliphatic carbocycles. The van der Waals surface area contributed by atoms with Crippen LogP contribution in [-0.2, 0) is 49.2 Å². The number of nitrogens with zero attached hydrogens (tertiary/aromatic N) is 2. The number of anilines is 1. The number of nitrogens with one attached hydrogen (secondary N) is 2. The Morgan fingerprint density at radius 3 is 2.49 bits per heavy atom. The minimum Gasteiger partial charge on any atom is -0.458 e. The molecule has 0 saturated heterocycles. The van der Waals surface area contributed by atoms with E-state index in [1.807, 2.05) is 48.5 Å². The molecule has 2 aliphatic heterocycles. The molecule has 0 unspecified atom stereocenters. The van der Waals surface area contributed by atoms with Gasteiger partial charge >= 0.3 is 12.1 Å². The molecule has 2 aromatic heterocycles. The summed E-state index contributed by atoms with van der Waals surface area (Å²) in [5.41, 5.74) is 10.1. The van der Waals surface area contributed by atoms with Gasteiger partial charge < -0.3 is 40.3 Å². The largest absolute Gasteiger partial charge is 0.458 e. The highest BCUT2D eigenvalue weighted by Crippen LogP contribution is 2.45. The number of fused-ring (bicyclic) bond motifs is 8. The molecule has 5 N–H and O–H groups in total. The highest BCUT2D eigenvalue weighted by molar-refractivity contribution is 5.91. The van der Waals surface area contributed by atoms with Crippen molar-refractivity contribution in [2.75, 3.05) is 25.6 Å². The average Bonchev–Trinajstić information content (AvgIpc) is 3.69. The van der Waals surface area contributed by atoms with E-state index in [9.17, 15) is 28.7 Å². The van der Waals surface area contributed by atoms with Crippen LogP contribution in [0.3, 0.4) is 0 Å². The Morgan fingerprint density at radius 1 is 1.06 bits per heavy atom. The standard InChI is InChI=1S/C39H34FN5O8/c1-2-39(50)29-12-33-35-25(15-45(33)36(47)28(29)18-52-37(39)48)26(24-11-31(41)30(40)13-32(24)44-35)16-51-19-43-34(46)14-42-38(49)53-17-27-22-9-5-3-7-20(22)21-8-4-6-10-23(21)27/h3-13,27,50H,2,14-19,41H2,1H3,(H,42,49)(H,43,46)/t39-/m0/s1. The Kier molecular flexibility index (Phi) is 8.42. The zero-order valence-corrected chi connectivity index (χ0v) is 28.5. The lowest BCUT2D eigenvalue weighted by Crippen LogP contribution is -2.44. The molecule has 0 bridgehead atoms. The summed E-state index contributed by atoms with van der Waals surface area (Å²) in [6.07, 6.45) is -0.757. The van der Waals surface area contributed by atoms with Crippen LogP contribution in [0.15, 0.2) is 71.5 Å². The lowest BCUT2D eigenvalue weighted by molar-refractivity contribution is -0.172. The van der Waals surface area contributed by atoms with Crippen molar-refractivity contribution >= 4 is 34.6 Å². The summed E-state index contributed by atoms with van der Waals surface area (Å²) in [6, 6.07) is 20.1. The van der Waals surface area contributed by atoms with Crippen molar-refractivity contribution in [3.8, 4) is 22.5 Å². The molecule has 13 nitrogen and oxygen atoms in total. The summed E-state index contributed by atoms with van der Waals surface area (Å²) < 4.78 is 32.6. The number of pyridine rings is 2. The molecule has 8 rings (SSSR count). The first-order valence-corrected chi connectivity index (χ1v) is 17.1. The van der Waals surface area contributed by atoms with Crippen LogP contribution in [0, 0.1) is 5.82 Å². The first-order chi connectivity index (χ1) is 25.6. The zero-order chi connectivity index (χ0) is 37.0. The fourth-order valence-electron chi connectivity index (χ4n) is 7.51. The topological polar surface area (TPSA) is 184 Å². The minimum atomic E-state index is -2.01. The molecule has 1 atom stereocenters. The van der Waals surface area contributed by atoms with Crippen molar-refractivity contribution in [1.82, 2.24) is 20.2 Å². The van der Waals surface area contributed by atoms with E-state index in [0.717, 1.165) is 22.3 Å². The number of aromatic nitrogens is 2. The number of ether oxygens (including phenoxy) is 3. The highest BCUT2D eigenvalue weighted by atomic mass is 19.1. The lowest BCUT2D eigenvalue weighted by atomic mass is 9.86. The van der Waals surface area contributed by atoms with E-state index in [1.54, 1.807) is 13.0 Å². The monoisotopic (exact) mass is 719 g/mol. The van der Waals surface area contributed by atoms with Crippen LogP contribution in [0.25, 0.3) is 33.4 Å². The third-order valence-electron chi connectivity index (χ3n) is 10.3. The number of hydrogen-bond acceptors (Lipinski definition) is 10. The maximum Gasteiger partial charge on any atom is 0.407 e. The van der Waals surface area contributed by atoms with Crippen LogP contribution in [0.1, 0.15) is 52.6 Å². The van der Waals surface area contributed by atoms with E-state index in [-0.39, 0.29) is 74.3 Å². The Bertz CT molecular complexity index is 2380. The highest BCUT2D eigenvalue weighted by Gasteiger charge is 2.45. The second-order valence-electron chi connectivity index (χ2n) is 13.2. The molecule has 14 heteroatoms. The number of benzene rings is 3. The number of nitrogens with two attached hydrogens (primary N) is 1. The summed E-state index contributed by atoms with van der Waals surface area (Å²) >= 11 is 0. The van der Waals surface area contributed by atoms with E-state index in [1.165, 1.54) is 16.7 Å². The van der Waals surface area contributed by atoms with Gasteiger partial charge in [-0.2, -0.15) is 0 Å². The van der Waals surface area contributed by atoms with E-state index in [0.29, 0.717) is 27.9 Å². The van der Waals surface area contributed by atoms with Gasteiger partial charge in [-0.3, -0.25) is 9.59 Å². The molecule has 3 aliphatic rings. The molecular weight excluding hydrogens is 685 g/mol. The van der Waals surface area contributed by atoms with Crippen molar-refractivity contribution in [2.45, 2.75) is 44.6 Å². The summed E-state index contributed by atoms with van der Waals surface area (Å²) in [5, 5.41) is 16.7. The number of halogens is 1. The fourth-order valence-corrected chi connectivity index (χ4v) is 7.51. The molecule has 4 heterocycles. The Labute approximate surface area is 301 Å². The van der Waals surface area contributed by atoms with Crippen molar-refractivity contribution in [3.05, 3.63) is 116 Å². The number of carbonyl (C=O) groups excluding carboxylic acids is 3. The minimum absolute atomic E-state index is 0.0176. The van der Waals surface area contributed by atoms with Crippen molar-refractivity contribution in [1.29, 1.82) is 0 Å². The van der Waals surface area contributed by atoms with E-state index >= 15 is 0 Å². The number of rotatable bonds is 9. The van der Waals surface area contributed by atoms with E-state index < -0.39 is 34.9 Å². The second kappa shape index (κ2) is 13.1. The molecule has 0 fully saturated rings.